The minimum absolute atomic E-state index is 0.0376. The van der Waals surface area contributed by atoms with E-state index in [2.05, 4.69) is 40.0 Å². The van der Waals surface area contributed by atoms with E-state index in [0.29, 0.717) is 0 Å². The van der Waals surface area contributed by atoms with Crippen molar-refractivity contribution in [3.05, 3.63) is 53.6 Å². The predicted octanol–water partition coefficient (Wildman–Crippen LogP) is 2.68. The lowest BCUT2D eigenvalue weighted by molar-refractivity contribution is -0.122. The molecule has 0 spiro atoms. The molecule has 22 heavy (non-hydrogen) atoms. The van der Waals surface area contributed by atoms with Crippen LogP contribution in [0.1, 0.15) is 42.6 Å². The molecule has 0 saturated carbocycles. The Morgan fingerprint density at radius 1 is 1.41 bits per heavy atom. The number of carbonyl (C=O) groups excluding carboxylic acids is 1. The molecule has 0 aliphatic heterocycles. The molecule has 1 amide bonds. The quantitative estimate of drug-likeness (QED) is 0.833. The van der Waals surface area contributed by atoms with Gasteiger partial charge < -0.3 is 9.88 Å². The highest BCUT2D eigenvalue weighted by Gasteiger charge is 2.27. The highest BCUT2D eigenvalue weighted by molar-refractivity contribution is 5.84. The first-order valence-electron chi connectivity index (χ1n) is 8.15. The van der Waals surface area contributed by atoms with Gasteiger partial charge in [-0.3, -0.25) is 4.79 Å². The highest BCUT2D eigenvalue weighted by atomic mass is 16.1. The van der Waals surface area contributed by atoms with E-state index in [4.69, 9.17) is 0 Å². The maximum absolute atomic E-state index is 12.4. The normalized spacial score (nSPS) is 16.5. The van der Waals surface area contributed by atoms with Crippen molar-refractivity contribution >= 4 is 5.91 Å². The van der Waals surface area contributed by atoms with Crippen molar-refractivity contribution in [3.63, 3.8) is 0 Å². The molecule has 0 radical (unpaired) electrons. The van der Waals surface area contributed by atoms with Gasteiger partial charge in [0.05, 0.1) is 5.92 Å². The molecule has 1 atom stereocenters. The van der Waals surface area contributed by atoms with Crippen LogP contribution >= 0.6 is 0 Å². The Morgan fingerprint density at radius 2 is 2.27 bits per heavy atom. The maximum atomic E-state index is 12.4. The number of carbonyl (C=O) groups is 1. The molecule has 3 rings (SSSR count). The van der Waals surface area contributed by atoms with Gasteiger partial charge in [-0.05, 0) is 30.4 Å². The van der Waals surface area contributed by atoms with Gasteiger partial charge in [0.15, 0.2) is 0 Å². The Bertz CT molecular complexity index is 647. The van der Waals surface area contributed by atoms with Crippen LogP contribution in [0.2, 0.25) is 0 Å². The smallest absolute Gasteiger partial charge is 0.227 e. The van der Waals surface area contributed by atoms with Crippen molar-refractivity contribution in [2.24, 2.45) is 0 Å². The second kappa shape index (κ2) is 6.77. The number of benzene rings is 1. The number of amides is 1. The number of hydrogen-bond acceptors (Lipinski definition) is 2. The Kier molecular flexibility index (Phi) is 4.56. The molecule has 1 aliphatic rings. The third-order valence-electron chi connectivity index (χ3n) is 4.44. The number of hydrogen-bond donors (Lipinski definition) is 1. The zero-order valence-electron chi connectivity index (χ0n) is 13.1. The minimum atomic E-state index is 0.0376. The van der Waals surface area contributed by atoms with Crippen LogP contribution in [0.5, 0.6) is 0 Å². The topological polar surface area (TPSA) is 46.9 Å². The zero-order chi connectivity index (χ0) is 15.4. The summed E-state index contributed by atoms with van der Waals surface area (Å²) in [5, 5.41) is 3.09. The first kappa shape index (κ1) is 14.8. The predicted molar refractivity (Wildman–Crippen MR) is 86.7 cm³/mol. The van der Waals surface area contributed by atoms with Crippen molar-refractivity contribution in [1.82, 2.24) is 14.9 Å². The first-order valence-corrected chi connectivity index (χ1v) is 8.15. The van der Waals surface area contributed by atoms with Crippen molar-refractivity contribution < 1.29 is 4.79 Å². The van der Waals surface area contributed by atoms with Gasteiger partial charge in [-0.1, -0.05) is 31.2 Å². The van der Waals surface area contributed by atoms with Crippen LogP contribution in [0.3, 0.4) is 0 Å². The number of aryl methyl sites for hydroxylation is 3. The fourth-order valence-corrected chi connectivity index (χ4v) is 3.27. The van der Waals surface area contributed by atoms with Crippen molar-refractivity contribution in [1.29, 1.82) is 0 Å². The van der Waals surface area contributed by atoms with Crippen LogP contribution in [0.15, 0.2) is 36.7 Å². The van der Waals surface area contributed by atoms with E-state index < -0.39 is 0 Å². The fourth-order valence-electron chi connectivity index (χ4n) is 3.27. The van der Waals surface area contributed by atoms with Gasteiger partial charge in [0, 0.05) is 31.9 Å². The SMILES string of the molecule is CCc1nccn1CCCNC(=O)[C@H]1CCc2ccccc21. The molecule has 1 aromatic carbocycles. The molecule has 4 heteroatoms. The molecule has 0 fully saturated rings. The van der Waals surface area contributed by atoms with Crippen LogP contribution < -0.4 is 5.32 Å². The van der Waals surface area contributed by atoms with Crippen LogP contribution in [-0.4, -0.2) is 22.0 Å². The Balaban J connectivity index is 1.47. The molecule has 0 unspecified atom stereocenters. The molecule has 116 valence electrons. The lowest BCUT2D eigenvalue weighted by Crippen LogP contribution is -2.29. The fraction of sp³-hybridized carbons (Fsp3) is 0.444. The van der Waals surface area contributed by atoms with Gasteiger partial charge in [0.25, 0.3) is 0 Å². The van der Waals surface area contributed by atoms with Gasteiger partial charge in [-0.15, -0.1) is 0 Å². The number of imidazole rings is 1. The van der Waals surface area contributed by atoms with E-state index in [9.17, 15) is 4.79 Å². The summed E-state index contributed by atoms with van der Waals surface area (Å²) in [6.07, 6.45) is 7.68. The van der Waals surface area contributed by atoms with E-state index in [1.165, 1.54) is 11.1 Å². The van der Waals surface area contributed by atoms with E-state index in [-0.39, 0.29) is 11.8 Å². The molecular weight excluding hydrogens is 274 g/mol. The third-order valence-corrected chi connectivity index (χ3v) is 4.44. The summed E-state index contributed by atoms with van der Waals surface area (Å²) >= 11 is 0. The summed E-state index contributed by atoms with van der Waals surface area (Å²) in [6, 6.07) is 8.30. The molecular formula is C18H23N3O. The second-order valence-electron chi connectivity index (χ2n) is 5.83. The lowest BCUT2D eigenvalue weighted by Gasteiger charge is -2.13. The molecule has 2 aromatic rings. The number of aromatic nitrogens is 2. The molecule has 0 bridgehead atoms. The number of nitrogens with zero attached hydrogens (tertiary/aromatic N) is 2. The Morgan fingerprint density at radius 3 is 3.14 bits per heavy atom. The first-order chi connectivity index (χ1) is 10.8. The monoisotopic (exact) mass is 297 g/mol. The summed E-state index contributed by atoms with van der Waals surface area (Å²) in [4.78, 5) is 16.7. The Hall–Kier alpha value is -2.10. The van der Waals surface area contributed by atoms with Crippen LogP contribution in [0.25, 0.3) is 0 Å². The summed E-state index contributed by atoms with van der Waals surface area (Å²) < 4.78 is 2.16. The molecule has 4 nitrogen and oxygen atoms in total. The third kappa shape index (κ3) is 3.06. The molecule has 1 heterocycles. The van der Waals surface area contributed by atoms with Crippen molar-refractivity contribution in [2.45, 2.75) is 45.1 Å². The van der Waals surface area contributed by atoms with Crippen molar-refractivity contribution in [2.75, 3.05) is 6.54 Å². The van der Waals surface area contributed by atoms with E-state index >= 15 is 0 Å². The zero-order valence-corrected chi connectivity index (χ0v) is 13.1. The average molecular weight is 297 g/mol. The minimum Gasteiger partial charge on any atom is -0.356 e. The van der Waals surface area contributed by atoms with Gasteiger partial charge in [-0.25, -0.2) is 4.98 Å². The van der Waals surface area contributed by atoms with E-state index in [1.54, 1.807) is 0 Å². The lowest BCUT2D eigenvalue weighted by atomic mass is 10.0. The van der Waals surface area contributed by atoms with Crippen LogP contribution in [0.4, 0.5) is 0 Å². The van der Waals surface area contributed by atoms with Gasteiger partial charge >= 0.3 is 0 Å². The summed E-state index contributed by atoms with van der Waals surface area (Å²) in [5.41, 5.74) is 2.54. The number of rotatable bonds is 6. The highest BCUT2D eigenvalue weighted by Crippen LogP contribution is 2.32. The van der Waals surface area contributed by atoms with Gasteiger partial charge in [0.2, 0.25) is 5.91 Å². The van der Waals surface area contributed by atoms with Gasteiger partial charge in [-0.2, -0.15) is 0 Å². The van der Waals surface area contributed by atoms with E-state index in [1.807, 2.05) is 18.5 Å². The summed E-state index contributed by atoms with van der Waals surface area (Å²) in [6.45, 7) is 3.74. The number of fused-ring (bicyclic) bond motifs is 1. The van der Waals surface area contributed by atoms with Crippen LogP contribution in [0, 0.1) is 0 Å². The molecule has 1 aromatic heterocycles. The Labute approximate surface area is 131 Å². The number of nitrogens with one attached hydrogen (secondary N) is 1. The van der Waals surface area contributed by atoms with E-state index in [0.717, 1.165) is 44.6 Å². The van der Waals surface area contributed by atoms with Crippen molar-refractivity contribution in [3.8, 4) is 0 Å². The standard InChI is InChI=1S/C18H23N3O/c1-2-17-19-11-13-21(17)12-5-10-20-18(22)16-9-8-14-6-3-4-7-15(14)16/h3-4,6-7,11,13,16H,2,5,8-10,12H2,1H3,(H,20,22)/t16-/m0/s1. The largest absolute Gasteiger partial charge is 0.356 e. The second-order valence-corrected chi connectivity index (χ2v) is 5.83. The van der Waals surface area contributed by atoms with Gasteiger partial charge in [0.1, 0.15) is 5.82 Å². The maximum Gasteiger partial charge on any atom is 0.227 e. The van der Waals surface area contributed by atoms with Crippen LogP contribution in [-0.2, 0) is 24.2 Å². The average Bonchev–Trinajstić information content (AvgIpc) is 3.17. The molecule has 1 N–H and O–H groups in total. The molecule has 0 saturated heterocycles. The summed E-state index contributed by atoms with van der Waals surface area (Å²) in [5.74, 6) is 1.32. The molecule has 1 aliphatic carbocycles. The summed E-state index contributed by atoms with van der Waals surface area (Å²) in [7, 11) is 0.